The molecule has 0 saturated carbocycles. The summed E-state index contributed by atoms with van der Waals surface area (Å²) in [5.41, 5.74) is 1.51. The minimum Gasteiger partial charge on any atom is -0.372 e. The molecule has 2 aromatic rings. The average molecular weight is 430 g/mol. The summed E-state index contributed by atoms with van der Waals surface area (Å²) in [6.45, 7) is 9.37. The van der Waals surface area contributed by atoms with E-state index in [1.54, 1.807) is 6.07 Å². The lowest BCUT2D eigenvalue weighted by Crippen LogP contribution is -2.56. The van der Waals surface area contributed by atoms with Crippen molar-refractivity contribution in [3.05, 3.63) is 47.2 Å². The van der Waals surface area contributed by atoms with Gasteiger partial charge in [0.2, 0.25) is 5.91 Å². The van der Waals surface area contributed by atoms with Crippen LogP contribution in [0.2, 0.25) is 0 Å². The van der Waals surface area contributed by atoms with Gasteiger partial charge in [-0.1, -0.05) is 19.9 Å². The van der Waals surface area contributed by atoms with E-state index in [1.807, 2.05) is 18.7 Å². The van der Waals surface area contributed by atoms with E-state index in [9.17, 15) is 13.6 Å². The Morgan fingerprint density at radius 1 is 1.10 bits per heavy atom. The molecule has 2 aliphatic rings. The van der Waals surface area contributed by atoms with Crippen molar-refractivity contribution >= 4 is 5.91 Å². The topological polar surface area (TPSA) is 55.3 Å². The highest BCUT2D eigenvalue weighted by Gasteiger charge is 2.41. The summed E-state index contributed by atoms with van der Waals surface area (Å²) >= 11 is 0. The Hall–Kier alpha value is -2.41. The first-order valence-electron chi connectivity index (χ1n) is 11.0. The number of hydrogen-bond acceptors (Lipinski definition) is 4. The highest BCUT2D eigenvalue weighted by Crippen LogP contribution is 2.43. The van der Waals surface area contributed by atoms with Gasteiger partial charge >= 0.3 is 0 Å². The lowest BCUT2D eigenvalue weighted by atomic mass is 9.74. The van der Waals surface area contributed by atoms with Gasteiger partial charge in [-0.2, -0.15) is 5.10 Å². The van der Waals surface area contributed by atoms with Gasteiger partial charge in [-0.05, 0) is 62.3 Å². The summed E-state index contributed by atoms with van der Waals surface area (Å²) < 4.78 is 34.4. The summed E-state index contributed by atoms with van der Waals surface area (Å²) in [4.78, 5) is 15.0. The highest BCUT2D eigenvalue weighted by atomic mass is 19.1. The Morgan fingerprint density at radius 3 is 2.39 bits per heavy atom. The number of carbonyl (C=O) groups excluding carboxylic acids is 1. The summed E-state index contributed by atoms with van der Waals surface area (Å²) in [6.07, 6.45) is 1.73. The van der Waals surface area contributed by atoms with Crippen molar-refractivity contribution in [1.82, 2.24) is 15.1 Å². The van der Waals surface area contributed by atoms with Gasteiger partial charge in [-0.25, -0.2) is 8.78 Å². The van der Waals surface area contributed by atoms with Gasteiger partial charge in [0.1, 0.15) is 11.6 Å². The van der Waals surface area contributed by atoms with Crippen LogP contribution in [-0.2, 0) is 9.53 Å². The monoisotopic (exact) mass is 429 g/mol. The van der Waals surface area contributed by atoms with Crippen molar-refractivity contribution in [2.45, 2.75) is 64.6 Å². The molecule has 0 radical (unpaired) electrons. The quantitative estimate of drug-likeness (QED) is 0.693. The van der Waals surface area contributed by atoms with E-state index in [0.29, 0.717) is 31.1 Å². The number of rotatable bonds is 5. The third-order valence-corrected chi connectivity index (χ3v) is 6.30. The maximum Gasteiger partial charge on any atom is 0.231 e. The first-order valence-corrected chi connectivity index (χ1v) is 11.0. The largest absolute Gasteiger partial charge is 0.372 e. The zero-order valence-electron chi connectivity index (χ0n) is 18.4. The van der Waals surface area contributed by atoms with Crippen LogP contribution in [0.1, 0.15) is 63.6 Å². The fourth-order valence-electron chi connectivity index (χ4n) is 4.73. The fourth-order valence-corrected chi connectivity index (χ4v) is 4.73. The van der Waals surface area contributed by atoms with Crippen LogP contribution in [0.3, 0.4) is 0 Å². The number of hydrogen-bond donors (Lipinski definition) is 0. The Balaban J connectivity index is 1.65. The number of fused-ring (bicyclic) bond motifs is 1. The molecule has 1 saturated heterocycles. The molecular formula is C24H29F2N3O2. The molecule has 4 rings (SSSR count). The van der Waals surface area contributed by atoms with Crippen LogP contribution in [-0.4, -0.2) is 46.3 Å². The van der Waals surface area contributed by atoms with Crippen LogP contribution in [0.15, 0.2) is 24.3 Å². The molecule has 1 aromatic carbocycles. The van der Waals surface area contributed by atoms with E-state index >= 15 is 0 Å². The minimum absolute atomic E-state index is 0.0335. The maximum atomic E-state index is 14.3. The van der Waals surface area contributed by atoms with Crippen LogP contribution in [0.4, 0.5) is 8.78 Å². The number of ether oxygens (including phenoxy) is 1. The summed E-state index contributed by atoms with van der Waals surface area (Å²) in [6, 6.07) is 5.49. The molecule has 7 heteroatoms. The normalized spacial score (nSPS) is 21.4. The molecule has 1 unspecified atom stereocenters. The molecule has 1 aliphatic heterocycles. The van der Waals surface area contributed by atoms with Crippen molar-refractivity contribution in [2.24, 2.45) is 5.92 Å². The summed E-state index contributed by atoms with van der Waals surface area (Å²) in [5.74, 6) is -1.21. The molecule has 166 valence electrons. The first kappa shape index (κ1) is 21.8. The fraction of sp³-hybridized carbons (Fsp3) is 0.542. The van der Waals surface area contributed by atoms with Gasteiger partial charge in [-0.3, -0.25) is 4.79 Å². The lowest BCUT2D eigenvalue weighted by Gasteiger charge is -2.42. The maximum absolute atomic E-state index is 14.3. The van der Waals surface area contributed by atoms with Crippen LogP contribution in [0.5, 0.6) is 0 Å². The number of amides is 1. The van der Waals surface area contributed by atoms with Crippen LogP contribution in [0.25, 0.3) is 11.3 Å². The zero-order chi connectivity index (χ0) is 22.3. The zero-order valence-corrected chi connectivity index (χ0v) is 18.4. The summed E-state index contributed by atoms with van der Waals surface area (Å²) in [7, 11) is 0. The molecule has 0 spiro atoms. The predicted molar refractivity (Wildman–Crippen MR) is 114 cm³/mol. The van der Waals surface area contributed by atoms with Crippen molar-refractivity contribution in [1.29, 1.82) is 0 Å². The standard InChI is InChI=1S/C24H29F2N3O2/c1-13(2)16-8-9-17(24(30)29-11-15(12-29)31-14(3)4)23-18(16)10-21(27-28-23)22-19(25)6-5-7-20(22)26/h5-7,10,13-17H,8-9,11-12H2,1-4H3/t16-,17?/m0/s1. The Morgan fingerprint density at radius 2 is 1.77 bits per heavy atom. The molecule has 2 atom stereocenters. The van der Waals surface area contributed by atoms with Gasteiger partial charge in [0.25, 0.3) is 0 Å². The minimum atomic E-state index is -0.671. The van der Waals surface area contributed by atoms with Gasteiger partial charge in [0, 0.05) is 13.1 Å². The van der Waals surface area contributed by atoms with Gasteiger partial charge in [0.05, 0.1) is 35.1 Å². The number of halogens is 2. The van der Waals surface area contributed by atoms with Crippen molar-refractivity contribution in [3.8, 4) is 11.3 Å². The molecule has 0 bridgehead atoms. The van der Waals surface area contributed by atoms with E-state index in [2.05, 4.69) is 24.0 Å². The molecule has 31 heavy (non-hydrogen) atoms. The number of aromatic nitrogens is 2. The van der Waals surface area contributed by atoms with Gasteiger partial charge in [0.15, 0.2) is 0 Å². The number of benzene rings is 1. The second-order valence-electron chi connectivity index (χ2n) is 9.20. The van der Waals surface area contributed by atoms with Gasteiger partial charge < -0.3 is 9.64 Å². The Bertz CT molecular complexity index is 953. The smallest absolute Gasteiger partial charge is 0.231 e. The van der Waals surface area contributed by atoms with Gasteiger partial charge in [-0.15, -0.1) is 5.10 Å². The van der Waals surface area contributed by atoms with Crippen molar-refractivity contribution < 1.29 is 18.3 Å². The number of likely N-dealkylation sites (tertiary alicyclic amines) is 1. The second kappa shape index (κ2) is 8.61. The number of carbonyl (C=O) groups is 1. The molecule has 1 fully saturated rings. The Labute approximate surface area is 181 Å². The summed E-state index contributed by atoms with van der Waals surface area (Å²) in [5, 5.41) is 8.50. The lowest BCUT2D eigenvalue weighted by molar-refractivity contribution is -0.150. The molecule has 1 aromatic heterocycles. The average Bonchev–Trinajstić information content (AvgIpc) is 2.68. The van der Waals surface area contributed by atoms with Crippen LogP contribution >= 0.6 is 0 Å². The van der Waals surface area contributed by atoms with Crippen molar-refractivity contribution in [2.75, 3.05) is 13.1 Å². The SMILES string of the molecule is CC(C)OC1CN(C(=O)C2CC[C@@H](C(C)C)c3cc(-c4c(F)cccc4F)nnc32)C1. The third kappa shape index (κ3) is 4.20. The second-order valence-corrected chi connectivity index (χ2v) is 9.20. The van der Waals surface area contributed by atoms with Crippen LogP contribution < -0.4 is 0 Å². The van der Waals surface area contributed by atoms with E-state index in [1.165, 1.54) is 18.2 Å². The van der Waals surface area contributed by atoms with E-state index in [0.717, 1.165) is 12.0 Å². The van der Waals surface area contributed by atoms with Crippen LogP contribution in [0, 0.1) is 17.6 Å². The van der Waals surface area contributed by atoms with Crippen molar-refractivity contribution in [3.63, 3.8) is 0 Å². The van der Waals surface area contributed by atoms with E-state index < -0.39 is 11.6 Å². The molecule has 2 heterocycles. The molecule has 1 amide bonds. The number of nitrogens with zero attached hydrogens (tertiary/aromatic N) is 3. The van der Waals surface area contributed by atoms with E-state index in [-0.39, 0.29) is 41.2 Å². The molecule has 0 N–H and O–H groups in total. The Kier molecular flexibility index (Phi) is 6.06. The van der Waals surface area contributed by atoms with E-state index in [4.69, 9.17) is 4.74 Å². The molecule has 5 nitrogen and oxygen atoms in total. The third-order valence-electron chi connectivity index (χ3n) is 6.30. The predicted octanol–water partition coefficient (Wildman–Crippen LogP) is 4.67. The molecule has 1 aliphatic carbocycles. The first-order chi connectivity index (χ1) is 14.8. The highest BCUT2D eigenvalue weighted by molar-refractivity contribution is 5.85. The molecular weight excluding hydrogens is 400 g/mol.